The molecule has 0 N–H and O–H groups in total. The van der Waals surface area contributed by atoms with Gasteiger partial charge in [0.1, 0.15) is 5.15 Å². The first-order valence-corrected chi connectivity index (χ1v) is 4.30. The lowest BCUT2D eigenvalue weighted by atomic mass is 10.2. The van der Waals surface area contributed by atoms with Gasteiger partial charge in [-0.25, -0.2) is 0 Å². The number of halogens is 1. The van der Waals surface area contributed by atoms with E-state index in [0.29, 0.717) is 0 Å². The fourth-order valence-corrected chi connectivity index (χ4v) is 1.73. The van der Waals surface area contributed by atoms with Gasteiger partial charge in [-0.2, -0.15) is 0 Å². The van der Waals surface area contributed by atoms with Crippen LogP contribution < -0.4 is 0 Å². The minimum atomic E-state index is 0.784. The lowest BCUT2D eigenvalue weighted by Crippen LogP contribution is -1.84. The summed E-state index contributed by atoms with van der Waals surface area (Å²) in [5, 5.41) is 0.784. The second-order valence-electron chi connectivity index (χ2n) is 3.11. The zero-order chi connectivity index (χ0) is 8.72. The van der Waals surface area contributed by atoms with Crippen LogP contribution in [0.1, 0.15) is 11.1 Å². The van der Waals surface area contributed by atoms with Crippen molar-refractivity contribution in [2.45, 2.75) is 13.8 Å². The van der Waals surface area contributed by atoms with Crippen LogP contribution in [0, 0.1) is 13.8 Å². The van der Waals surface area contributed by atoms with Gasteiger partial charge in [-0.15, -0.1) is 0 Å². The van der Waals surface area contributed by atoms with Crippen molar-refractivity contribution in [2.24, 2.45) is 0 Å². The summed E-state index contributed by atoms with van der Waals surface area (Å²) in [6.45, 7) is 4.13. The van der Waals surface area contributed by atoms with Crippen molar-refractivity contribution in [1.29, 1.82) is 0 Å². The average Bonchev–Trinajstić information content (AvgIpc) is 2.28. The lowest BCUT2D eigenvalue weighted by Gasteiger charge is -1.98. The topological polar surface area (TPSA) is 4.41 Å². The molecule has 0 unspecified atom stereocenters. The van der Waals surface area contributed by atoms with E-state index >= 15 is 0 Å². The number of rotatable bonds is 0. The molecule has 1 nitrogen and oxygen atoms in total. The minimum Gasteiger partial charge on any atom is -0.307 e. The summed E-state index contributed by atoms with van der Waals surface area (Å²) in [6.07, 6.45) is 2.05. The lowest BCUT2D eigenvalue weighted by molar-refractivity contribution is 1.16. The molecule has 0 aromatic carbocycles. The normalized spacial score (nSPS) is 10.9. The van der Waals surface area contributed by atoms with E-state index in [9.17, 15) is 0 Å². The van der Waals surface area contributed by atoms with Gasteiger partial charge in [0, 0.05) is 11.7 Å². The van der Waals surface area contributed by atoms with E-state index in [2.05, 4.69) is 26.0 Å². The summed E-state index contributed by atoms with van der Waals surface area (Å²) in [5.74, 6) is 0. The van der Waals surface area contributed by atoms with Gasteiger partial charge in [-0.05, 0) is 37.1 Å². The van der Waals surface area contributed by atoms with Crippen LogP contribution >= 0.6 is 11.6 Å². The Morgan fingerprint density at radius 3 is 2.75 bits per heavy atom. The summed E-state index contributed by atoms with van der Waals surface area (Å²) in [4.78, 5) is 0. The molecule has 2 heterocycles. The minimum absolute atomic E-state index is 0.784. The van der Waals surface area contributed by atoms with Crippen molar-refractivity contribution in [2.75, 3.05) is 0 Å². The predicted molar refractivity (Wildman–Crippen MR) is 51.9 cm³/mol. The number of fused-ring (bicyclic) bond motifs is 1. The van der Waals surface area contributed by atoms with Crippen molar-refractivity contribution in [3.63, 3.8) is 0 Å². The molecule has 12 heavy (non-hydrogen) atoms. The summed E-state index contributed by atoms with van der Waals surface area (Å²) < 4.78 is 2.01. The second kappa shape index (κ2) is 2.53. The van der Waals surface area contributed by atoms with E-state index in [1.54, 1.807) is 0 Å². The molecule has 2 rings (SSSR count). The molecular formula is C10H10ClN. The molecule has 2 aromatic heterocycles. The quantitative estimate of drug-likeness (QED) is 0.585. The molecule has 0 atom stereocenters. The Balaban J connectivity index is 2.90. The van der Waals surface area contributed by atoms with Gasteiger partial charge in [0.25, 0.3) is 0 Å². The Kier molecular flexibility index (Phi) is 1.62. The number of aryl methyl sites for hydroxylation is 2. The Hall–Kier alpha value is -0.950. The highest BCUT2D eigenvalue weighted by atomic mass is 35.5. The summed E-state index contributed by atoms with van der Waals surface area (Å²) in [7, 11) is 0. The van der Waals surface area contributed by atoms with Crippen molar-refractivity contribution < 1.29 is 0 Å². The largest absolute Gasteiger partial charge is 0.307 e. The van der Waals surface area contributed by atoms with Gasteiger partial charge in [0.15, 0.2) is 0 Å². The highest BCUT2D eigenvalue weighted by Crippen LogP contribution is 2.20. The van der Waals surface area contributed by atoms with E-state index in [0.717, 1.165) is 5.15 Å². The van der Waals surface area contributed by atoms with E-state index < -0.39 is 0 Å². The number of aromatic nitrogens is 1. The maximum atomic E-state index is 6.01. The molecule has 0 saturated heterocycles. The van der Waals surface area contributed by atoms with Crippen LogP contribution in [-0.2, 0) is 0 Å². The number of nitrogens with zero attached hydrogens (tertiary/aromatic N) is 1. The summed E-state index contributed by atoms with van der Waals surface area (Å²) in [6, 6.07) is 6.17. The van der Waals surface area contributed by atoms with Crippen molar-refractivity contribution >= 4 is 17.1 Å². The molecule has 0 aliphatic heterocycles. The first-order valence-electron chi connectivity index (χ1n) is 3.92. The molecule has 0 aliphatic rings. The molecule has 2 aromatic rings. The third kappa shape index (κ3) is 1.01. The van der Waals surface area contributed by atoms with Crippen LogP contribution in [0.25, 0.3) is 5.52 Å². The maximum Gasteiger partial charge on any atom is 0.113 e. The van der Waals surface area contributed by atoms with Gasteiger partial charge >= 0.3 is 0 Å². The Bertz CT molecular complexity index is 429. The third-order valence-electron chi connectivity index (χ3n) is 2.07. The van der Waals surface area contributed by atoms with Crippen LogP contribution in [-0.4, -0.2) is 4.40 Å². The molecule has 0 radical (unpaired) electrons. The van der Waals surface area contributed by atoms with E-state index in [-0.39, 0.29) is 0 Å². The highest BCUT2D eigenvalue weighted by molar-refractivity contribution is 6.30. The van der Waals surface area contributed by atoms with Crippen LogP contribution in [0.4, 0.5) is 0 Å². The first kappa shape index (κ1) is 7.69. The van der Waals surface area contributed by atoms with Gasteiger partial charge in [-0.1, -0.05) is 17.7 Å². The highest BCUT2D eigenvalue weighted by Gasteiger charge is 2.02. The fraction of sp³-hybridized carbons (Fsp3) is 0.200. The van der Waals surface area contributed by atoms with Crippen LogP contribution in [0.5, 0.6) is 0 Å². The van der Waals surface area contributed by atoms with E-state index in [1.165, 1.54) is 16.6 Å². The van der Waals surface area contributed by atoms with Gasteiger partial charge in [-0.3, -0.25) is 0 Å². The molecule has 0 spiro atoms. The SMILES string of the molecule is Cc1ccc2c(C)cc(Cl)n2c1. The van der Waals surface area contributed by atoms with Crippen molar-refractivity contribution in [3.8, 4) is 0 Å². The van der Waals surface area contributed by atoms with Crippen LogP contribution in [0.15, 0.2) is 24.4 Å². The average molecular weight is 180 g/mol. The monoisotopic (exact) mass is 179 g/mol. The van der Waals surface area contributed by atoms with Gasteiger partial charge in [0.05, 0.1) is 0 Å². The molecular weight excluding hydrogens is 170 g/mol. The predicted octanol–water partition coefficient (Wildman–Crippen LogP) is 3.21. The Labute approximate surface area is 76.6 Å². The van der Waals surface area contributed by atoms with Gasteiger partial charge < -0.3 is 4.40 Å². The molecule has 2 heteroatoms. The van der Waals surface area contributed by atoms with Gasteiger partial charge in [0.2, 0.25) is 0 Å². The van der Waals surface area contributed by atoms with Crippen LogP contribution in [0.3, 0.4) is 0 Å². The molecule has 0 fully saturated rings. The van der Waals surface area contributed by atoms with Crippen LogP contribution in [0.2, 0.25) is 5.15 Å². The smallest absolute Gasteiger partial charge is 0.113 e. The third-order valence-corrected chi connectivity index (χ3v) is 2.36. The molecule has 0 bridgehead atoms. The number of pyridine rings is 1. The second-order valence-corrected chi connectivity index (χ2v) is 3.50. The first-order chi connectivity index (χ1) is 5.68. The summed E-state index contributed by atoms with van der Waals surface area (Å²) in [5.41, 5.74) is 3.63. The van der Waals surface area contributed by atoms with Crippen molar-refractivity contribution in [1.82, 2.24) is 4.40 Å². The van der Waals surface area contributed by atoms with E-state index in [1.807, 2.05) is 16.7 Å². The molecule has 0 amide bonds. The number of hydrogen-bond acceptors (Lipinski definition) is 0. The maximum absolute atomic E-state index is 6.01. The standard InChI is InChI=1S/C10H10ClN/c1-7-3-4-9-8(2)5-10(11)12(9)6-7/h3-6H,1-2H3. The van der Waals surface area contributed by atoms with Crippen molar-refractivity contribution in [3.05, 3.63) is 40.7 Å². The molecule has 0 aliphatic carbocycles. The zero-order valence-electron chi connectivity index (χ0n) is 7.13. The fourth-order valence-electron chi connectivity index (χ4n) is 1.43. The Morgan fingerprint density at radius 2 is 2.00 bits per heavy atom. The molecule has 0 saturated carbocycles. The zero-order valence-corrected chi connectivity index (χ0v) is 7.89. The number of hydrogen-bond donors (Lipinski definition) is 0. The molecule has 62 valence electrons. The summed E-state index contributed by atoms with van der Waals surface area (Å²) >= 11 is 6.01. The Morgan fingerprint density at radius 1 is 1.25 bits per heavy atom. The van der Waals surface area contributed by atoms with E-state index in [4.69, 9.17) is 11.6 Å².